The summed E-state index contributed by atoms with van der Waals surface area (Å²) in [6.45, 7) is 0.403. The second-order valence-corrected chi connectivity index (χ2v) is 7.40. The van der Waals surface area contributed by atoms with Gasteiger partial charge in [0.05, 0.1) is 23.9 Å². The molecular weight excluding hydrogens is 356 g/mol. The number of nitrogens with one attached hydrogen (secondary N) is 2. The lowest BCUT2D eigenvalue weighted by Gasteiger charge is -2.07. The molecule has 0 aliphatic heterocycles. The second kappa shape index (κ2) is 7.54. The predicted octanol–water partition coefficient (Wildman–Crippen LogP) is 1.42. The molecule has 8 nitrogen and oxygen atoms in total. The van der Waals surface area contributed by atoms with Gasteiger partial charge in [0, 0.05) is 30.9 Å². The van der Waals surface area contributed by atoms with Gasteiger partial charge in [0.25, 0.3) is 5.91 Å². The summed E-state index contributed by atoms with van der Waals surface area (Å²) >= 11 is 0. The molecule has 0 fully saturated rings. The highest BCUT2D eigenvalue weighted by molar-refractivity contribution is 7.89. The first-order valence-corrected chi connectivity index (χ1v) is 9.30. The van der Waals surface area contributed by atoms with Crippen molar-refractivity contribution < 1.29 is 17.6 Å². The van der Waals surface area contributed by atoms with Crippen LogP contribution in [0.4, 0.5) is 0 Å². The van der Waals surface area contributed by atoms with Gasteiger partial charge in [-0.15, -0.1) is 0 Å². The Labute approximate surface area is 150 Å². The first kappa shape index (κ1) is 17.9. The molecule has 1 aromatic carbocycles. The summed E-state index contributed by atoms with van der Waals surface area (Å²) in [6, 6.07) is 9.09. The quantitative estimate of drug-likeness (QED) is 0.651. The predicted molar refractivity (Wildman–Crippen MR) is 93.6 cm³/mol. The molecule has 0 atom stereocenters. The van der Waals surface area contributed by atoms with Crippen molar-refractivity contribution in [1.29, 1.82) is 0 Å². The van der Waals surface area contributed by atoms with E-state index in [0.717, 1.165) is 5.56 Å². The fourth-order valence-corrected chi connectivity index (χ4v) is 3.29. The minimum atomic E-state index is -3.68. The maximum Gasteiger partial charge on any atom is 0.251 e. The molecule has 3 aromatic rings. The molecule has 3 rings (SSSR count). The largest absolute Gasteiger partial charge is 0.468 e. The van der Waals surface area contributed by atoms with Gasteiger partial charge in [-0.1, -0.05) is 0 Å². The zero-order chi connectivity index (χ0) is 18.6. The van der Waals surface area contributed by atoms with Crippen LogP contribution in [0.1, 0.15) is 21.7 Å². The van der Waals surface area contributed by atoms with Gasteiger partial charge < -0.3 is 9.73 Å². The van der Waals surface area contributed by atoms with E-state index in [1.54, 1.807) is 36.3 Å². The summed E-state index contributed by atoms with van der Waals surface area (Å²) in [5.74, 6) is 0.223. The molecule has 0 saturated heterocycles. The monoisotopic (exact) mass is 374 g/mol. The Hall–Kier alpha value is -2.91. The van der Waals surface area contributed by atoms with Crippen LogP contribution in [0.3, 0.4) is 0 Å². The Balaban J connectivity index is 1.60. The van der Waals surface area contributed by atoms with Gasteiger partial charge >= 0.3 is 0 Å². The van der Waals surface area contributed by atoms with Crippen LogP contribution in [-0.2, 0) is 30.2 Å². The van der Waals surface area contributed by atoms with E-state index in [2.05, 4.69) is 15.1 Å². The number of carbonyl (C=O) groups is 1. The Morgan fingerprint density at radius 3 is 2.58 bits per heavy atom. The number of furan rings is 1. The highest BCUT2D eigenvalue weighted by atomic mass is 32.2. The van der Waals surface area contributed by atoms with Crippen molar-refractivity contribution in [3.05, 3.63) is 71.9 Å². The fourth-order valence-electron chi connectivity index (χ4n) is 2.30. The van der Waals surface area contributed by atoms with Crippen LogP contribution >= 0.6 is 0 Å². The Morgan fingerprint density at radius 2 is 1.96 bits per heavy atom. The van der Waals surface area contributed by atoms with Gasteiger partial charge in [0.2, 0.25) is 10.0 Å². The minimum Gasteiger partial charge on any atom is -0.468 e. The molecule has 0 radical (unpaired) electrons. The van der Waals surface area contributed by atoms with Gasteiger partial charge in [-0.25, -0.2) is 13.1 Å². The molecule has 1 amide bonds. The van der Waals surface area contributed by atoms with Crippen LogP contribution in [0.15, 0.2) is 64.4 Å². The van der Waals surface area contributed by atoms with Crippen molar-refractivity contribution in [3.63, 3.8) is 0 Å². The zero-order valence-corrected chi connectivity index (χ0v) is 14.9. The summed E-state index contributed by atoms with van der Waals surface area (Å²) in [7, 11) is -1.89. The number of hydrogen-bond donors (Lipinski definition) is 2. The average molecular weight is 374 g/mol. The smallest absolute Gasteiger partial charge is 0.251 e. The van der Waals surface area contributed by atoms with Gasteiger partial charge in [-0.05, 0) is 36.4 Å². The van der Waals surface area contributed by atoms with E-state index in [0.29, 0.717) is 17.9 Å². The van der Waals surface area contributed by atoms with Gasteiger partial charge in [0.1, 0.15) is 5.76 Å². The van der Waals surface area contributed by atoms with Gasteiger partial charge in [-0.2, -0.15) is 5.10 Å². The van der Waals surface area contributed by atoms with Crippen molar-refractivity contribution >= 4 is 15.9 Å². The van der Waals surface area contributed by atoms with Gasteiger partial charge in [-0.3, -0.25) is 9.48 Å². The SMILES string of the molecule is Cn1cc(CNC(=O)c2ccc(S(=O)(=O)NCc3ccco3)cc2)cn1. The third-order valence-electron chi connectivity index (χ3n) is 3.65. The molecule has 0 saturated carbocycles. The maximum atomic E-state index is 12.3. The van der Waals surface area contributed by atoms with Crippen molar-refractivity contribution in [1.82, 2.24) is 19.8 Å². The van der Waals surface area contributed by atoms with E-state index in [9.17, 15) is 13.2 Å². The number of sulfonamides is 1. The van der Waals surface area contributed by atoms with Crippen LogP contribution in [-0.4, -0.2) is 24.1 Å². The summed E-state index contributed by atoms with van der Waals surface area (Å²) in [6.07, 6.45) is 4.95. The molecule has 0 spiro atoms. The molecule has 136 valence electrons. The van der Waals surface area contributed by atoms with Crippen LogP contribution in [0.25, 0.3) is 0 Å². The van der Waals surface area contributed by atoms with Crippen LogP contribution in [0, 0.1) is 0 Å². The lowest BCUT2D eigenvalue weighted by atomic mass is 10.2. The van der Waals surface area contributed by atoms with Crippen molar-refractivity contribution in [3.8, 4) is 0 Å². The summed E-state index contributed by atoms with van der Waals surface area (Å²) in [5.41, 5.74) is 1.25. The summed E-state index contributed by atoms with van der Waals surface area (Å²) < 4.78 is 33.7. The van der Waals surface area contributed by atoms with Crippen LogP contribution in [0.5, 0.6) is 0 Å². The van der Waals surface area contributed by atoms with Crippen LogP contribution in [0.2, 0.25) is 0 Å². The number of hydrogen-bond acceptors (Lipinski definition) is 5. The van der Waals surface area contributed by atoms with E-state index < -0.39 is 10.0 Å². The average Bonchev–Trinajstić information content (AvgIpc) is 3.30. The number of nitrogens with zero attached hydrogens (tertiary/aromatic N) is 2. The van der Waals surface area contributed by atoms with Crippen molar-refractivity contribution in [2.75, 3.05) is 0 Å². The molecule has 2 heterocycles. The number of amides is 1. The van der Waals surface area contributed by atoms with E-state index in [1.807, 2.05) is 0 Å². The Kier molecular flexibility index (Phi) is 5.19. The molecule has 0 aliphatic rings. The standard InChI is InChI=1S/C17H18N4O4S/c1-21-12-13(10-19-21)9-18-17(22)14-4-6-16(7-5-14)26(23,24)20-11-15-3-2-8-25-15/h2-8,10,12,20H,9,11H2,1H3,(H,18,22). The van der Waals surface area contributed by atoms with Gasteiger partial charge in [0.15, 0.2) is 0 Å². The number of carbonyl (C=O) groups excluding carboxylic acids is 1. The molecule has 0 unspecified atom stereocenters. The lowest BCUT2D eigenvalue weighted by molar-refractivity contribution is 0.0951. The van der Waals surface area contributed by atoms with Crippen LogP contribution < -0.4 is 10.0 Å². The first-order valence-electron chi connectivity index (χ1n) is 7.82. The number of aromatic nitrogens is 2. The molecular formula is C17H18N4O4S. The number of rotatable bonds is 7. The van der Waals surface area contributed by atoms with E-state index in [4.69, 9.17) is 4.42 Å². The highest BCUT2D eigenvalue weighted by Crippen LogP contribution is 2.12. The molecule has 0 aliphatic carbocycles. The minimum absolute atomic E-state index is 0.0582. The fraction of sp³-hybridized carbons (Fsp3) is 0.176. The third-order valence-corrected chi connectivity index (χ3v) is 5.07. The molecule has 9 heteroatoms. The number of aryl methyl sites for hydroxylation is 1. The van der Waals surface area contributed by atoms with Crippen molar-refractivity contribution in [2.24, 2.45) is 7.05 Å². The number of benzene rings is 1. The molecule has 2 aromatic heterocycles. The first-order chi connectivity index (χ1) is 12.4. The Morgan fingerprint density at radius 1 is 1.19 bits per heavy atom. The van der Waals surface area contributed by atoms with E-state index in [1.165, 1.54) is 30.5 Å². The topological polar surface area (TPSA) is 106 Å². The Bertz CT molecular complexity index is 976. The zero-order valence-electron chi connectivity index (χ0n) is 14.0. The molecule has 26 heavy (non-hydrogen) atoms. The normalized spacial score (nSPS) is 11.4. The van der Waals surface area contributed by atoms with Crippen molar-refractivity contribution in [2.45, 2.75) is 18.0 Å². The highest BCUT2D eigenvalue weighted by Gasteiger charge is 2.15. The summed E-state index contributed by atoms with van der Waals surface area (Å²) in [5, 5.41) is 6.79. The maximum absolute atomic E-state index is 12.3. The third kappa shape index (κ3) is 4.38. The van der Waals surface area contributed by atoms with E-state index >= 15 is 0 Å². The molecule has 0 bridgehead atoms. The molecule has 2 N–H and O–H groups in total. The lowest BCUT2D eigenvalue weighted by Crippen LogP contribution is -2.24. The summed E-state index contributed by atoms with van der Waals surface area (Å²) in [4.78, 5) is 12.2. The second-order valence-electron chi connectivity index (χ2n) is 5.63. The van der Waals surface area contributed by atoms with E-state index in [-0.39, 0.29) is 17.3 Å².